The number of halogens is 4. The second-order valence-corrected chi connectivity index (χ2v) is 6.24. The minimum atomic E-state index is -4.50. The Labute approximate surface area is 164 Å². The minimum absolute atomic E-state index is 0. The Balaban J connectivity index is 0.00000280. The number of aromatic amines is 1. The van der Waals surface area contributed by atoms with Gasteiger partial charge in [-0.3, -0.25) is 14.7 Å². The second kappa shape index (κ2) is 8.61. The Morgan fingerprint density at radius 3 is 2.71 bits per heavy atom. The number of benzene rings is 1. The smallest absolute Gasteiger partial charge is 0.343 e. The van der Waals surface area contributed by atoms with Crippen molar-refractivity contribution in [3.05, 3.63) is 46.3 Å². The summed E-state index contributed by atoms with van der Waals surface area (Å²) in [5, 5.41) is 14.5. The molecule has 1 aromatic carbocycles. The number of nitrogens with one attached hydrogen (secondary N) is 4. The fourth-order valence-electron chi connectivity index (χ4n) is 2.78. The van der Waals surface area contributed by atoms with Crippen molar-refractivity contribution < 1.29 is 22.8 Å². The molecule has 2 amide bonds. The third-order valence-electron chi connectivity index (χ3n) is 4.22. The van der Waals surface area contributed by atoms with Crippen LogP contribution in [0.5, 0.6) is 0 Å². The average Bonchev–Trinajstić information content (AvgIpc) is 3.05. The summed E-state index contributed by atoms with van der Waals surface area (Å²) in [6.07, 6.45) is -3.76. The van der Waals surface area contributed by atoms with Crippen molar-refractivity contribution in [3.63, 3.8) is 0 Å². The molecule has 1 aliphatic rings. The molecule has 1 aliphatic heterocycles. The molecule has 0 aliphatic carbocycles. The minimum Gasteiger partial charge on any atom is -0.343 e. The summed E-state index contributed by atoms with van der Waals surface area (Å²) >= 11 is 0. The Morgan fingerprint density at radius 1 is 1.25 bits per heavy atom. The molecule has 11 heteroatoms. The quantitative estimate of drug-likeness (QED) is 0.613. The number of anilines is 1. The Bertz CT molecular complexity index is 882. The van der Waals surface area contributed by atoms with Crippen LogP contribution in [0, 0.1) is 6.92 Å². The van der Waals surface area contributed by atoms with E-state index in [0.717, 1.165) is 24.2 Å². The van der Waals surface area contributed by atoms with E-state index >= 15 is 0 Å². The third kappa shape index (κ3) is 5.02. The van der Waals surface area contributed by atoms with Crippen molar-refractivity contribution >= 4 is 29.9 Å². The van der Waals surface area contributed by atoms with Gasteiger partial charge >= 0.3 is 6.18 Å². The van der Waals surface area contributed by atoms with E-state index in [1.54, 1.807) is 18.3 Å². The van der Waals surface area contributed by atoms with Gasteiger partial charge in [-0.1, -0.05) is 6.07 Å². The zero-order chi connectivity index (χ0) is 19.6. The number of fused-ring (bicyclic) bond motifs is 1. The van der Waals surface area contributed by atoms with Gasteiger partial charge in [-0.25, -0.2) is 0 Å². The average molecular weight is 418 g/mol. The van der Waals surface area contributed by atoms with Crippen LogP contribution in [0.2, 0.25) is 0 Å². The molecule has 0 unspecified atom stereocenters. The largest absolute Gasteiger partial charge is 0.405 e. The van der Waals surface area contributed by atoms with Gasteiger partial charge in [-0.05, 0) is 24.6 Å². The molecule has 0 bridgehead atoms. The lowest BCUT2D eigenvalue weighted by molar-refractivity contribution is -0.123. The molecule has 0 saturated heterocycles. The normalized spacial score (nSPS) is 13.3. The van der Waals surface area contributed by atoms with Crippen LogP contribution in [0.4, 0.5) is 18.9 Å². The summed E-state index contributed by atoms with van der Waals surface area (Å²) in [6.45, 7) is 1.61. The van der Waals surface area contributed by atoms with Crippen LogP contribution in [-0.4, -0.2) is 41.3 Å². The summed E-state index contributed by atoms with van der Waals surface area (Å²) in [7, 11) is 0. The molecule has 0 radical (unpaired) electrons. The molecule has 2 heterocycles. The molecular weight excluding hydrogens is 399 g/mol. The van der Waals surface area contributed by atoms with Gasteiger partial charge in [-0.15, -0.1) is 12.4 Å². The van der Waals surface area contributed by atoms with E-state index in [1.807, 2.05) is 0 Å². The number of amides is 2. The third-order valence-corrected chi connectivity index (χ3v) is 4.22. The van der Waals surface area contributed by atoms with Crippen LogP contribution in [0.15, 0.2) is 18.2 Å². The number of carbonyl (C=O) groups is 2. The number of alkyl halides is 3. The number of nitrogens with zero attached hydrogens (tertiary/aromatic N) is 1. The Morgan fingerprint density at radius 2 is 2.00 bits per heavy atom. The fourth-order valence-corrected chi connectivity index (χ4v) is 2.78. The molecule has 28 heavy (non-hydrogen) atoms. The summed E-state index contributed by atoms with van der Waals surface area (Å²) in [5.41, 5.74) is 2.96. The van der Waals surface area contributed by atoms with Crippen LogP contribution in [0.25, 0.3) is 0 Å². The SMILES string of the molecule is Cc1ccc(C(=O)NCC(F)(F)F)cc1NC(=O)c1n[nH]c2c1CNCC2.Cl. The molecular formula is C17H19ClF3N5O2. The fraction of sp³-hybridized carbons (Fsp3) is 0.353. The molecule has 152 valence electrons. The maximum Gasteiger partial charge on any atom is 0.405 e. The summed E-state index contributed by atoms with van der Waals surface area (Å²) in [4.78, 5) is 24.5. The first kappa shape index (κ1) is 21.7. The van der Waals surface area contributed by atoms with Crippen LogP contribution in [-0.2, 0) is 13.0 Å². The van der Waals surface area contributed by atoms with Crippen LogP contribution in [0.1, 0.15) is 37.7 Å². The first-order chi connectivity index (χ1) is 12.7. The van der Waals surface area contributed by atoms with Crippen molar-refractivity contribution in [3.8, 4) is 0 Å². The van der Waals surface area contributed by atoms with E-state index < -0.39 is 24.5 Å². The lowest BCUT2D eigenvalue weighted by Gasteiger charge is -2.14. The summed E-state index contributed by atoms with van der Waals surface area (Å²) in [5.74, 6) is -1.32. The first-order valence-corrected chi connectivity index (χ1v) is 8.28. The van der Waals surface area contributed by atoms with Gasteiger partial charge in [0, 0.05) is 42.0 Å². The van der Waals surface area contributed by atoms with Gasteiger partial charge in [0.15, 0.2) is 5.69 Å². The number of aryl methyl sites for hydroxylation is 1. The number of H-pyrrole nitrogens is 1. The monoisotopic (exact) mass is 417 g/mol. The van der Waals surface area contributed by atoms with Gasteiger partial charge in [0.2, 0.25) is 0 Å². The molecule has 7 nitrogen and oxygen atoms in total. The zero-order valence-corrected chi connectivity index (χ0v) is 15.7. The molecule has 3 rings (SSSR count). The van der Waals surface area contributed by atoms with Crippen LogP contribution in [0.3, 0.4) is 0 Å². The highest BCUT2D eigenvalue weighted by molar-refractivity contribution is 6.05. The Hall–Kier alpha value is -2.59. The van der Waals surface area contributed by atoms with Gasteiger partial charge in [0.25, 0.3) is 11.8 Å². The standard InChI is InChI=1S/C17H18F3N5O2.ClH/c1-9-2-3-10(15(26)22-8-17(18,19)20)6-13(9)23-16(27)14-11-7-21-5-4-12(11)24-25-14;/h2-3,6,21H,4-5,7-8H2,1H3,(H,22,26)(H,23,27)(H,24,25);1H. The number of aromatic nitrogens is 2. The summed E-state index contributed by atoms with van der Waals surface area (Å²) in [6, 6.07) is 4.30. The highest BCUT2D eigenvalue weighted by Gasteiger charge is 2.28. The zero-order valence-electron chi connectivity index (χ0n) is 14.9. The highest BCUT2D eigenvalue weighted by Crippen LogP contribution is 2.21. The molecule has 2 aromatic rings. The number of rotatable bonds is 4. The van der Waals surface area contributed by atoms with Crippen molar-refractivity contribution in [1.29, 1.82) is 0 Å². The predicted octanol–water partition coefficient (Wildman–Crippen LogP) is 2.33. The molecule has 0 fully saturated rings. The van der Waals surface area contributed by atoms with E-state index in [9.17, 15) is 22.8 Å². The van der Waals surface area contributed by atoms with E-state index in [1.165, 1.54) is 12.1 Å². The van der Waals surface area contributed by atoms with Crippen molar-refractivity contribution in [2.45, 2.75) is 26.1 Å². The van der Waals surface area contributed by atoms with Gasteiger partial charge in [0.05, 0.1) is 0 Å². The van der Waals surface area contributed by atoms with Crippen LogP contribution >= 0.6 is 12.4 Å². The lowest BCUT2D eigenvalue weighted by atomic mass is 10.1. The maximum absolute atomic E-state index is 12.6. The summed E-state index contributed by atoms with van der Waals surface area (Å²) < 4.78 is 36.8. The maximum atomic E-state index is 12.6. The van der Waals surface area contributed by atoms with Gasteiger partial charge < -0.3 is 16.0 Å². The topological polar surface area (TPSA) is 98.9 Å². The van der Waals surface area contributed by atoms with Crippen molar-refractivity contribution in [2.75, 3.05) is 18.4 Å². The van der Waals surface area contributed by atoms with Crippen LogP contribution < -0.4 is 16.0 Å². The number of carbonyl (C=O) groups excluding carboxylic acids is 2. The molecule has 0 atom stereocenters. The number of hydrogen-bond acceptors (Lipinski definition) is 4. The second-order valence-electron chi connectivity index (χ2n) is 6.24. The Kier molecular flexibility index (Phi) is 6.68. The van der Waals surface area contributed by atoms with E-state index in [-0.39, 0.29) is 23.7 Å². The molecule has 4 N–H and O–H groups in total. The first-order valence-electron chi connectivity index (χ1n) is 8.28. The van der Waals surface area contributed by atoms with Crippen molar-refractivity contribution in [1.82, 2.24) is 20.8 Å². The molecule has 0 spiro atoms. The number of hydrogen-bond donors (Lipinski definition) is 4. The highest BCUT2D eigenvalue weighted by atomic mass is 35.5. The lowest BCUT2D eigenvalue weighted by Crippen LogP contribution is -2.33. The molecule has 1 aromatic heterocycles. The van der Waals surface area contributed by atoms with Gasteiger partial charge in [-0.2, -0.15) is 18.3 Å². The molecule has 0 saturated carbocycles. The van der Waals surface area contributed by atoms with E-state index in [2.05, 4.69) is 20.8 Å². The van der Waals surface area contributed by atoms with Gasteiger partial charge in [0.1, 0.15) is 6.54 Å². The van der Waals surface area contributed by atoms with E-state index in [0.29, 0.717) is 17.8 Å². The predicted molar refractivity (Wildman–Crippen MR) is 98.8 cm³/mol. The van der Waals surface area contributed by atoms with Crippen molar-refractivity contribution in [2.24, 2.45) is 0 Å². The van der Waals surface area contributed by atoms with E-state index in [4.69, 9.17) is 0 Å².